The van der Waals surface area contributed by atoms with E-state index >= 15 is 0 Å². The van der Waals surface area contributed by atoms with E-state index in [-0.39, 0.29) is 30.5 Å². The molecule has 0 aliphatic rings. The molecule has 0 aliphatic carbocycles. The van der Waals surface area contributed by atoms with Crippen LogP contribution in [0.4, 0.5) is 0 Å². The van der Waals surface area contributed by atoms with Gasteiger partial charge in [0.1, 0.15) is 6.61 Å². The maximum Gasteiger partial charge on any atom is 0.246 e. The Kier molecular flexibility index (Phi) is 7.91. The monoisotopic (exact) mass is 316 g/mol. The van der Waals surface area contributed by atoms with Gasteiger partial charge in [0, 0.05) is 20.2 Å². The lowest BCUT2D eigenvalue weighted by atomic mass is 10.4. The molecule has 1 aromatic carbocycles. The number of amides is 1. The first kappa shape index (κ1) is 17.6. The molecule has 0 spiro atoms. The molecule has 1 aromatic rings. The van der Waals surface area contributed by atoms with E-state index in [2.05, 4.69) is 10.0 Å². The van der Waals surface area contributed by atoms with Crippen LogP contribution in [0.15, 0.2) is 35.2 Å². The molecular weight excluding hydrogens is 296 g/mol. The number of ether oxygens (including phenoxy) is 2. The molecule has 1 amide bonds. The van der Waals surface area contributed by atoms with Crippen molar-refractivity contribution < 1.29 is 22.7 Å². The molecule has 0 bridgehead atoms. The molecule has 0 unspecified atom stereocenters. The van der Waals surface area contributed by atoms with Gasteiger partial charge < -0.3 is 14.8 Å². The molecule has 0 saturated heterocycles. The minimum Gasteiger partial charge on any atom is -0.382 e. The van der Waals surface area contributed by atoms with E-state index in [9.17, 15) is 13.2 Å². The Morgan fingerprint density at radius 1 is 1.14 bits per heavy atom. The van der Waals surface area contributed by atoms with E-state index in [1.54, 1.807) is 25.3 Å². The summed E-state index contributed by atoms with van der Waals surface area (Å²) in [5, 5.41) is 2.55. The van der Waals surface area contributed by atoms with Crippen LogP contribution in [-0.4, -0.2) is 54.3 Å². The van der Waals surface area contributed by atoms with Crippen LogP contribution in [0.5, 0.6) is 0 Å². The smallest absolute Gasteiger partial charge is 0.246 e. The average Bonchev–Trinajstić information content (AvgIpc) is 2.49. The van der Waals surface area contributed by atoms with Gasteiger partial charge in [-0.1, -0.05) is 18.2 Å². The molecule has 0 fully saturated rings. The Labute approximate surface area is 124 Å². The van der Waals surface area contributed by atoms with Crippen molar-refractivity contribution in [2.24, 2.45) is 0 Å². The fourth-order valence-corrected chi connectivity index (χ4v) is 2.48. The van der Waals surface area contributed by atoms with Crippen LogP contribution in [0, 0.1) is 0 Å². The summed E-state index contributed by atoms with van der Waals surface area (Å²) in [6.07, 6.45) is 0. The number of hydrogen-bond donors (Lipinski definition) is 2. The van der Waals surface area contributed by atoms with Gasteiger partial charge in [-0.25, -0.2) is 13.1 Å². The van der Waals surface area contributed by atoms with Crippen LogP contribution >= 0.6 is 0 Å². The van der Waals surface area contributed by atoms with Gasteiger partial charge >= 0.3 is 0 Å². The maximum atomic E-state index is 11.9. The Morgan fingerprint density at radius 2 is 1.86 bits per heavy atom. The Balaban J connectivity index is 2.20. The van der Waals surface area contributed by atoms with Crippen LogP contribution in [0.25, 0.3) is 0 Å². The molecule has 0 heterocycles. The summed E-state index contributed by atoms with van der Waals surface area (Å²) < 4.78 is 35.9. The zero-order valence-corrected chi connectivity index (χ0v) is 12.7. The summed E-state index contributed by atoms with van der Waals surface area (Å²) in [4.78, 5) is 11.5. The van der Waals surface area contributed by atoms with Gasteiger partial charge in [-0.2, -0.15) is 0 Å². The predicted octanol–water partition coefficient (Wildman–Crippen LogP) is -0.256. The molecule has 0 aromatic heterocycles. The number of hydrogen-bond acceptors (Lipinski definition) is 5. The van der Waals surface area contributed by atoms with Crippen molar-refractivity contribution in [1.82, 2.24) is 10.0 Å². The number of carbonyl (C=O) groups is 1. The van der Waals surface area contributed by atoms with Crippen molar-refractivity contribution in [3.05, 3.63) is 30.3 Å². The van der Waals surface area contributed by atoms with Crippen molar-refractivity contribution in [2.75, 3.05) is 40.0 Å². The Hall–Kier alpha value is -1.48. The molecule has 1 rings (SSSR count). The molecule has 0 radical (unpaired) electrons. The summed E-state index contributed by atoms with van der Waals surface area (Å²) >= 11 is 0. The zero-order valence-electron chi connectivity index (χ0n) is 11.9. The normalized spacial score (nSPS) is 11.3. The lowest BCUT2D eigenvalue weighted by molar-refractivity contribution is -0.126. The van der Waals surface area contributed by atoms with Crippen LogP contribution < -0.4 is 10.0 Å². The second kappa shape index (κ2) is 9.46. The molecule has 118 valence electrons. The van der Waals surface area contributed by atoms with Crippen LogP contribution in [0.3, 0.4) is 0 Å². The van der Waals surface area contributed by atoms with Crippen molar-refractivity contribution in [2.45, 2.75) is 4.90 Å². The highest BCUT2D eigenvalue weighted by molar-refractivity contribution is 7.89. The molecule has 7 nitrogen and oxygen atoms in total. The maximum absolute atomic E-state index is 11.9. The fourth-order valence-electron chi connectivity index (χ4n) is 1.43. The first-order chi connectivity index (χ1) is 10.1. The lowest BCUT2D eigenvalue weighted by Crippen LogP contribution is -2.36. The third-order valence-corrected chi connectivity index (χ3v) is 3.93. The molecular formula is C13H20N2O5S. The number of rotatable bonds is 10. The Morgan fingerprint density at radius 3 is 2.52 bits per heavy atom. The topological polar surface area (TPSA) is 93.7 Å². The SMILES string of the molecule is COCCOCC(=O)NCCNS(=O)(=O)c1ccccc1. The van der Waals surface area contributed by atoms with Gasteiger partial charge in [-0.05, 0) is 12.1 Å². The van der Waals surface area contributed by atoms with E-state index in [1.807, 2.05) is 0 Å². The third-order valence-electron chi connectivity index (χ3n) is 2.46. The minimum absolute atomic E-state index is 0.0746. The predicted molar refractivity (Wildman–Crippen MR) is 77.3 cm³/mol. The summed E-state index contributed by atoms with van der Waals surface area (Å²) in [5.41, 5.74) is 0. The highest BCUT2D eigenvalue weighted by Gasteiger charge is 2.12. The molecule has 0 aliphatic heterocycles. The van der Waals surface area contributed by atoms with Crippen molar-refractivity contribution in [1.29, 1.82) is 0 Å². The zero-order chi connectivity index (χ0) is 15.6. The van der Waals surface area contributed by atoms with E-state index in [0.29, 0.717) is 13.2 Å². The first-order valence-electron chi connectivity index (χ1n) is 6.44. The number of methoxy groups -OCH3 is 1. The van der Waals surface area contributed by atoms with E-state index in [4.69, 9.17) is 9.47 Å². The fraction of sp³-hybridized carbons (Fsp3) is 0.462. The molecule has 0 saturated carbocycles. The van der Waals surface area contributed by atoms with E-state index < -0.39 is 10.0 Å². The van der Waals surface area contributed by atoms with Crippen LogP contribution in [0.2, 0.25) is 0 Å². The van der Waals surface area contributed by atoms with Crippen molar-refractivity contribution in [3.8, 4) is 0 Å². The highest BCUT2D eigenvalue weighted by atomic mass is 32.2. The lowest BCUT2D eigenvalue weighted by Gasteiger charge is -2.08. The number of benzene rings is 1. The number of sulfonamides is 1. The molecule has 8 heteroatoms. The number of carbonyl (C=O) groups excluding carboxylic acids is 1. The van der Waals surface area contributed by atoms with Crippen molar-refractivity contribution >= 4 is 15.9 Å². The Bertz CT molecular complexity index is 519. The van der Waals surface area contributed by atoms with Gasteiger partial charge in [0.2, 0.25) is 15.9 Å². The van der Waals surface area contributed by atoms with Gasteiger partial charge in [-0.3, -0.25) is 4.79 Å². The standard InChI is InChI=1S/C13H20N2O5S/c1-19-9-10-20-11-13(16)14-7-8-15-21(17,18)12-5-3-2-4-6-12/h2-6,15H,7-11H2,1H3,(H,14,16). The molecule has 2 N–H and O–H groups in total. The second-order valence-electron chi connectivity index (χ2n) is 4.11. The summed E-state index contributed by atoms with van der Waals surface area (Å²) in [5.74, 6) is -0.301. The van der Waals surface area contributed by atoms with Gasteiger partial charge in [-0.15, -0.1) is 0 Å². The first-order valence-corrected chi connectivity index (χ1v) is 7.92. The third kappa shape index (κ3) is 7.19. The quantitative estimate of drug-likeness (QED) is 0.580. The van der Waals surface area contributed by atoms with E-state index in [1.165, 1.54) is 12.1 Å². The summed E-state index contributed by atoms with van der Waals surface area (Å²) in [6, 6.07) is 8.04. The molecule has 21 heavy (non-hydrogen) atoms. The number of nitrogens with one attached hydrogen (secondary N) is 2. The highest BCUT2D eigenvalue weighted by Crippen LogP contribution is 2.06. The van der Waals surface area contributed by atoms with Crippen molar-refractivity contribution in [3.63, 3.8) is 0 Å². The van der Waals surface area contributed by atoms with Crippen LogP contribution in [0.1, 0.15) is 0 Å². The summed E-state index contributed by atoms with van der Waals surface area (Å²) in [7, 11) is -1.99. The molecule has 0 atom stereocenters. The second-order valence-corrected chi connectivity index (χ2v) is 5.87. The summed E-state index contributed by atoms with van der Waals surface area (Å²) in [6.45, 7) is 0.989. The largest absolute Gasteiger partial charge is 0.382 e. The minimum atomic E-state index is -3.53. The van der Waals surface area contributed by atoms with Crippen LogP contribution in [-0.2, 0) is 24.3 Å². The van der Waals surface area contributed by atoms with Gasteiger partial charge in [0.25, 0.3) is 0 Å². The average molecular weight is 316 g/mol. The van der Waals surface area contributed by atoms with Gasteiger partial charge in [0.15, 0.2) is 0 Å². The van der Waals surface area contributed by atoms with E-state index in [0.717, 1.165) is 0 Å². The van der Waals surface area contributed by atoms with Gasteiger partial charge in [0.05, 0.1) is 18.1 Å².